The van der Waals surface area contributed by atoms with E-state index >= 15 is 0 Å². The van der Waals surface area contributed by atoms with Crippen molar-refractivity contribution >= 4 is 16.7 Å². The number of nitrogens with zero attached hydrogens (tertiary/aromatic N) is 1. The van der Waals surface area contributed by atoms with Gasteiger partial charge in [0.15, 0.2) is 5.78 Å². The molecule has 0 saturated heterocycles. The molecule has 0 spiro atoms. The number of carbonyl (C=O) groups excluding carboxylic acids is 1. The van der Waals surface area contributed by atoms with E-state index in [1.165, 1.54) is 24.3 Å². The number of hydrogen-bond donors (Lipinski definition) is 1. The van der Waals surface area contributed by atoms with Gasteiger partial charge in [0, 0.05) is 18.0 Å². The molecule has 1 heterocycles. The minimum Gasteiger partial charge on any atom is -0.494 e. The first kappa shape index (κ1) is 12.4. The topological polar surface area (TPSA) is 42.2 Å². The van der Waals surface area contributed by atoms with E-state index in [0.29, 0.717) is 10.9 Å². The zero-order chi connectivity index (χ0) is 14.3. The first-order valence-electron chi connectivity index (χ1n) is 6.16. The molecule has 1 N–H and O–H groups in total. The van der Waals surface area contributed by atoms with Crippen LogP contribution in [0.15, 0.2) is 48.5 Å². The number of benzene rings is 2. The number of aryl methyl sites for hydroxylation is 1. The van der Waals surface area contributed by atoms with Crippen LogP contribution in [0.3, 0.4) is 0 Å². The van der Waals surface area contributed by atoms with Crippen LogP contribution >= 0.6 is 0 Å². The van der Waals surface area contributed by atoms with Crippen molar-refractivity contribution in [1.82, 2.24) is 4.57 Å². The number of fused-ring (bicyclic) bond motifs is 1. The van der Waals surface area contributed by atoms with Crippen LogP contribution in [0.25, 0.3) is 10.9 Å². The standard InChI is InChI=1S/C16H12FNO2/c1-18-13-5-3-2-4-12(13)14(16(18)20)15(19)10-6-8-11(17)9-7-10/h2-9,20H,1H3. The van der Waals surface area contributed by atoms with Crippen LogP contribution in [0.4, 0.5) is 4.39 Å². The lowest BCUT2D eigenvalue weighted by atomic mass is 10.0. The molecular formula is C16H12FNO2. The Bertz CT molecular complexity index is 803. The fourth-order valence-corrected chi connectivity index (χ4v) is 2.35. The molecule has 2 aromatic carbocycles. The second-order valence-electron chi connectivity index (χ2n) is 4.61. The molecular weight excluding hydrogens is 257 g/mol. The molecule has 0 bridgehead atoms. The summed E-state index contributed by atoms with van der Waals surface area (Å²) in [5.74, 6) is -0.802. The molecule has 0 saturated carbocycles. The minimum atomic E-state index is -0.399. The molecule has 4 heteroatoms. The van der Waals surface area contributed by atoms with Crippen LogP contribution < -0.4 is 0 Å². The van der Waals surface area contributed by atoms with Crippen LogP contribution in [0.5, 0.6) is 5.88 Å². The van der Waals surface area contributed by atoms with Gasteiger partial charge in [0.05, 0.1) is 11.1 Å². The number of carbonyl (C=O) groups is 1. The molecule has 20 heavy (non-hydrogen) atoms. The maximum atomic E-state index is 12.9. The Balaban J connectivity index is 2.22. The molecule has 3 aromatic rings. The van der Waals surface area contributed by atoms with Gasteiger partial charge in [-0.1, -0.05) is 18.2 Å². The summed E-state index contributed by atoms with van der Waals surface area (Å²) in [6.45, 7) is 0. The normalized spacial score (nSPS) is 10.9. The summed E-state index contributed by atoms with van der Waals surface area (Å²) in [7, 11) is 1.69. The lowest BCUT2D eigenvalue weighted by molar-refractivity contribution is 0.103. The molecule has 100 valence electrons. The third kappa shape index (κ3) is 1.77. The van der Waals surface area contributed by atoms with E-state index in [0.717, 1.165) is 5.52 Å². The van der Waals surface area contributed by atoms with Crippen molar-refractivity contribution in [1.29, 1.82) is 0 Å². The first-order chi connectivity index (χ1) is 9.59. The third-order valence-electron chi connectivity index (χ3n) is 3.41. The molecule has 0 aliphatic carbocycles. The summed E-state index contributed by atoms with van der Waals surface area (Å²) in [4.78, 5) is 12.5. The fraction of sp³-hybridized carbons (Fsp3) is 0.0625. The van der Waals surface area contributed by atoms with Gasteiger partial charge in [-0.15, -0.1) is 0 Å². The van der Waals surface area contributed by atoms with Crippen LogP contribution in [0, 0.1) is 5.82 Å². The zero-order valence-corrected chi connectivity index (χ0v) is 10.8. The number of aromatic nitrogens is 1. The Labute approximate surface area is 114 Å². The highest BCUT2D eigenvalue weighted by atomic mass is 19.1. The van der Waals surface area contributed by atoms with E-state index in [2.05, 4.69) is 0 Å². The second kappa shape index (κ2) is 4.49. The van der Waals surface area contributed by atoms with E-state index in [4.69, 9.17) is 0 Å². The number of aromatic hydroxyl groups is 1. The number of para-hydroxylation sites is 1. The van der Waals surface area contributed by atoms with Crippen LogP contribution in [-0.4, -0.2) is 15.5 Å². The van der Waals surface area contributed by atoms with Gasteiger partial charge in [-0.2, -0.15) is 0 Å². The summed E-state index contributed by atoms with van der Waals surface area (Å²) >= 11 is 0. The predicted molar refractivity (Wildman–Crippen MR) is 74.4 cm³/mol. The van der Waals surface area contributed by atoms with Crippen LogP contribution in [0.1, 0.15) is 15.9 Å². The average molecular weight is 269 g/mol. The van der Waals surface area contributed by atoms with E-state index in [1.54, 1.807) is 17.7 Å². The molecule has 0 unspecified atom stereocenters. The Morgan fingerprint density at radius 2 is 1.75 bits per heavy atom. The Hall–Kier alpha value is -2.62. The molecule has 3 nitrogen and oxygen atoms in total. The van der Waals surface area contributed by atoms with Crippen molar-refractivity contribution in [2.24, 2.45) is 7.05 Å². The van der Waals surface area contributed by atoms with E-state index < -0.39 is 5.82 Å². The summed E-state index contributed by atoms with van der Waals surface area (Å²) in [6.07, 6.45) is 0. The van der Waals surface area contributed by atoms with Crippen molar-refractivity contribution < 1.29 is 14.3 Å². The average Bonchev–Trinajstić information content (AvgIpc) is 2.72. The molecule has 0 aliphatic rings. The summed E-state index contributed by atoms with van der Waals surface area (Å²) in [6, 6.07) is 12.6. The highest BCUT2D eigenvalue weighted by Gasteiger charge is 2.21. The molecule has 1 aromatic heterocycles. The van der Waals surface area contributed by atoms with Gasteiger partial charge < -0.3 is 9.67 Å². The lowest BCUT2D eigenvalue weighted by Crippen LogP contribution is -2.01. The van der Waals surface area contributed by atoms with Gasteiger partial charge in [0.1, 0.15) is 5.82 Å². The van der Waals surface area contributed by atoms with Gasteiger partial charge in [-0.05, 0) is 30.3 Å². The van der Waals surface area contributed by atoms with Gasteiger partial charge in [0.2, 0.25) is 5.88 Å². The number of halogens is 1. The minimum absolute atomic E-state index is 0.0828. The zero-order valence-electron chi connectivity index (χ0n) is 10.8. The summed E-state index contributed by atoms with van der Waals surface area (Å²) < 4.78 is 14.5. The third-order valence-corrected chi connectivity index (χ3v) is 3.41. The van der Waals surface area contributed by atoms with Crippen LogP contribution in [0.2, 0.25) is 0 Å². The van der Waals surface area contributed by atoms with Crippen molar-refractivity contribution in [3.8, 4) is 5.88 Å². The van der Waals surface area contributed by atoms with E-state index in [1.807, 2.05) is 18.2 Å². The fourth-order valence-electron chi connectivity index (χ4n) is 2.35. The first-order valence-corrected chi connectivity index (χ1v) is 6.16. The van der Waals surface area contributed by atoms with Gasteiger partial charge in [0.25, 0.3) is 0 Å². The maximum Gasteiger partial charge on any atom is 0.203 e. The SMILES string of the molecule is Cn1c(O)c(C(=O)c2ccc(F)cc2)c2ccccc21. The number of ketones is 1. The van der Waals surface area contributed by atoms with Gasteiger partial charge in [-0.25, -0.2) is 4.39 Å². The predicted octanol–water partition coefficient (Wildman–Crippen LogP) is 3.25. The van der Waals surface area contributed by atoms with E-state index in [9.17, 15) is 14.3 Å². The van der Waals surface area contributed by atoms with Crippen molar-refractivity contribution in [3.63, 3.8) is 0 Å². The Morgan fingerprint density at radius 3 is 2.45 bits per heavy atom. The molecule has 0 aliphatic heterocycles. The van der Waals surface area contributed by atoms with Crippen molar-refractivity contribution in [2.75, 3.05) is 0 Å². The number of rotatable bonds is 2. The monoisotopic (exact) mass is 269 g/mol. The summed E-state index contributed by atoms with van der Waals surface area (Å²) in [5.41, 5.74) is 1.36. The largest absolute Gasteiger partial charge is 0.494 e. The highest BCUT2D eigenvalue weighted by Crippen LogP contribution is 2.31. The number of hydrogen-bond acceptors (Lipinski definition) is 2. The van der Waals surface area contributed by atoms with Gasteiger partial charge >= 0.3 is 0 Å². The van der Waals surface area contributed by atoms with Crippen LogP contribution in [-0.2, 0) is 7.05 Å². The molecule has 0 fully saturated rings. The highest BCUT2D eigenvalue weighted by molar-refractivity contribution is 6.18. The summed E-state index contributed by atoms with van der Waals surface area (Å²) in [5, 5.41) is 10.9. The molecule has 0 radical (unpaired) electrons. The maximum absolute atomic E-state index is 12.9. The Kier molecular flexibility index (Phi) is 2.79. The van der Waals surface area contributed by atoms with Crippen molar-refractivity contribution in [3.05, 3.63) is 65.5 Å². The van der Waals surface area contributed by atoms with Gasteiger partial charge in [-0.3, -0.25) is 4.79 Å². The molecule has 0 amide bonds. The smallest absolute Gasteiger partial charge is 0.203 e. The molecule has 0 atom stereocenters. The van der Waals surface area contributed by atoms with E-state index in [-0.39, 0.29) is 17.2 Å². The molecule has 3 rings (SSSR count). The Morgan fingerprint density at radius 1 is 1.10 bits per heavy atom. The second-order valence-corrected chi connectivity index (χ2v) is 4.61. The lowest BCUT2D eigenvalue weighted by Gasteiger charge is -2.01. The quantitative estimate of drug-likeness (QED) is 0.726. The van der Waals surface area contributed by atoms with Crippen molar-refractivity contribution in [2.45, 2.75) is 0 Å².